The van der Waals surface area contributed by atoms with Gasteiger partial charge in [-0.3, -0.25) is 38.4 Å². The van der Waals surface area contributed by atoms with Crippen LogP contribution in [-0.4, -0.2) is 92.6 Å². The van der Waals surface area contributed by atoms with E-state index in [-0.39, 0.29) is 92.4 Å². The van der Waals surface area contributed by atoms with E-state index < -0.39 is 0 Å². The number of amides is 4. The number of anilines is 1. The van der Waals surface area contributed by atoms with Crippen LogP contribution < -0.4 is 50.3 Å². The maximum absolute atomic E-state index is 12.2. The minimum atomic E-state index is -0.278. The summed E-state index contributed by atoms with van der Waals surface area (Å²) in [4.78, 5) is 96.8. The van der Waals surface area contributed by atoms with Crippen LogP contribution in [0.5, 0.6) is 28.7 Å². The van der Waals surface area contributed by atoms with Crippen LogP contribution in [0.25, 0.3) is 0 Å². The Balaban J connectivity index is 0.000000176. The lowest BCUT2D eigenvalue weighted by Gasteiger charge is -2.28. The minimum Gasteiger partial charge on any atom is -0.486 e. The third-order valence-corrected chi connectivity index (χ3v) is 26.9. The molecule has 15 rings (SSSR count). The van der Waals surface area contributed by atoms with Gasteiger partial charge in [0.1, 0.15) is 54.4 Å². The van der Waals surface area contributed by atoms with Crippen LogP contribution in [-0.2, 0) is 108 Å². The molecule has 13 aromatic carbocycles. The predicted molar refractivity (Wildman–Crippen MR) is 594 cm³/mol. The van der Waals surface area contributed by atoms with Gasteiger partial charge in [0.25, 0.3) is 17.7 Å². The van der Waals surface area contributed by atoms with Crippen molar-refractivity contribution >= 4 is 122 Å². The third kappa shape index (κ3) is 45.7. The molecule has 0 aromatic heterocycles. The van der Waals surface area contributed by atoms with Crippen molar-refractivity contribution in [3.8, 4) is 28.7 Å². The Labute approximate surface area is 900 Å². The molecule has 0 aliphatic heterocycles. The van der Waals surface area contributed by atoms with Crippen LogP contribution in [0.15, 0.2) is 315 Å². The maximum atomic E-state index is 12.2. The number of nitrogens with one attached hydrogen (secondary N) is 5. The molecule has 2 fully saturated rings. The molecular formula is C123H131Cl6N5O14. The van der Waals surface area contributed by atoms with Gasteiger partial charge in [0.2, 0.25) is 5.91 Å². The molecule has 2 aliphatic carbocycles. The number of halogens is 6. The second kappa shape index (κ2) is 63.6. The van der Waals surface area contributed by atoms with Crippen molar-refractivity contribution in [3.63, 3.8) is 0 Å². The van der Waals surface area contributed by atoms with Gasteiger partial charge >= 0.3 is 5.97 Å². The lowest BCUT2D eigenvalue weighted by Crippen LogP contribution is -2.40. The zero-order chi connectivity index (χ0) is 105. The Morgan fingerprint density at radius 1 is 0.304 bits per heavy atom. The first kappa shape index (κ1) is 115. The van der Waals surface area contributed by atoms with E-state index in [0.717, 1.165) is 123 Å². The Morgan fingerprint density at radius 2 is 0.662 bits per heavy atom. The van der Waals surface area contributed by atoms with Crippen molar-refractivity contribution in [3.05, 3.63) is 423 Å². The maximum Gasteiger partial charge on any atom is 0.306 e. The van der Waals surface area contributed by atoms with Crippen LogP contribution in [0.4, 0.5) is 5.69 Å². The molecule has 774 valence electrons. The molecule has 0 unspecified atom stereocenters. The molecule has 148 heavy (non-hydrogen) atoms. The molecule has 2 saturated carbocycles. The Kier molecular flexibility index (Phi) is 49.5. The molecule has 25 heteroatoms. The predicted octanol–water partition coefficient (Wildman–Crippen LogP) is 26.8. The van der Waals surface area contributed by atoms with Gasteiger partial charge in [-0.15, -0.1) is 0 Å². The highest BCUT2D eigenvalue weighted by atomic mass is 35.5. The largest absolute Gasteiger partial charge is 0.486 e. The Morgan fingerprint density at radius 3 is 1.15 bits per heavy atom. The molecule has 0 heterocycles. The lowest BCUT2D eigenvalue weighted by atomic mass is 9.79. The van der Waals surface area contributed by atoms with E-state index in [1.165, 1.54) is 60.8 Å². The average Bonchev–Trinajstić information content (AvgIpc) is 0.659. The first-order valence-corrected chi connectivity index (χ1v) is 52.5. The number of hydrogen-bond donors (Lipinski definition) is 5. The van der Waals surface area contributed by atoms with E-state index >= 15 is 0 Å². The fraction of sp³-hybridized carbons (Fsp3) is 0.301. The second-order valence-corrected chi connectivity index (χ2v) is 39.9. The van der Waals surface area contributed by atoms with Gasteiger partial charge in [-0.25, -0.2) is 0 Å². The molecule has 0 atom stereocenters. The Bertz CT molecular complexity index is 5870. The van der Waals surface area contributed by atoms with Crippen LogP contribution in [0, 0.1) is 45.4 Å². The number of rotatable bonds is 45. The summed E-state index contributed by atoms with van der Waals surface area (Å²) in [7, 11) is 0. The number of carbonyl (C=O) groups is 8. The number of hydrogen-bond acceptors (Lipinski definition) is 15. The van der Waals surface area contributed by atoms with Gasteiger partial charge in [-0.2, -0.15) is 0 Å². The zero-order valence-corrected chi connectivity index (χ0v) is 88.9. The Hall–Kier alpha value is -13.1. The van der Waals surface area contributed by atoms with Crippen molar-refractivity contribution in [2.45, 2.75) is 182 Å². The molecular weight excluding hydrogens is 1980 g/mol. The molecule has 2 aliphatic rings. The molecule has 4 amide bonds. The minimum absolute atomic E-state index is 0.00993. The number of ketones is 3. The molecule has 0 radical (unpaired) electrons. The van der Waals surface area contributed by atoms with Crippen molar-refractivity contribution in [2.75, 3.05) is 44.9 Å². The molecule has 5 N–H and O–H groups in total. The number of ether oxygens (including phenoxy) is 6. The lowest BCUT2D eigenvalue weighted by molar-refractivity contribution is -0.146. The number of aryl methyl sites for hydroxylation is 7. The SMILES string of the molecule is Cc1ccc(CC(=O)NCc2ccc(CCC(=O)Cc3ccc(Cl)cc3)cc2)cc1.Cc1ccc(COC(=O)CC2CCC(NC(=O)COc3ccc(Cl)cc3)CC2)cc1.Cc1ccc(OCC(=O)CCc2ccc(CNC(=O)COc3ccc(Cl)cc3)cc2)cc1.Cc1ccc(OCC(=O)Cc2ccc(NC(=O)COc3ccc(Cl)cc3)cc2)cc1.Clc1ccccc1CCCC1CCC(CNCc2ccccc2Cl)CC1. The van der Waals surface area contributed by atoms with Crippen LogP contribution in [0.2, 0.25) is 30.1 Å². The van der Waals surface area contributed by atoms with Gasteiger partial charge in [-0.1, -0.05) is 293 Å². The van der Waals surface area contributed by atoms with E-state index in [1.54, 1.807) is 97.1 Å². The highest BCUT2D eigenvalue weighted by Gasteiger charge is 2.26. The van der Waals surface area contributed by atoms with E-state index in [2.05, 4.69) is 50.8 Å². The highest BCUT2D eigenvalue weighted by Crippen LogP contribution is 2.34. The van der Waals surface area contributed by atoms with Crippen LogP contribution in [0.3, 0.4) is 0 Å². The molecule has 0 bridgehead atoms. The van der Waals surface area contributed by atoms with Gasteiger partial charge in [0.15, 0.2) is 31.4 Å². The third-order valence-electron chi connectivity index (χ3n) is 25.1. The first-order chi connectivity index (χ1) is 71.6. The molecule has 0 spiro atoms. The highest BCUT2D eigenvalue weighted by molar-refractivity contribution is 6.32. The standard InChI is InChI=1S/C26H26ClNO4.C26H26ClNO2.C24H22ClNO4.C24H28ClNO4.C23H29Cl2N/c1-19-2-12-24(13-3-19)31-17-23(29)11-8-20-4-6-21(7-5-20)16-28-26(30)18-32-25-14-9-22(27)10-15-25;1-19-2-4-22(5-3-19)17-26(30)28-18-23-8-6-20(7-9-23)12-15-25(29)16-21-10-13-24(27)14-11-21;1-17-2-10-22(11-3-17)29-15-21(27)14-18-4-8-20(9-5-18)26-24(28)16-30-23-12-6-19(25)7-13-23;1-17-2-4-19(5-3-17)15-30-24(28)14-18-6-10-21(11-7-18)26-23(27)16-29-22-12-8-20(25)9-13-22;24-22-10-3-1-7-20(22)9-5-6-18-12-14-19(15-13-18)16-26-17-21-8-2-4-11-23(21)25/h2-7,9-10,12-15H,8,11,16-18H2,1H3,(H,28,30);2-11,13-14H,12,15-18H2,1H3,(H,28,30);2-13H,14-16H2,1H3,(H,26,28);2-5,8-9,12-13,18,21H,6-7,10-11,14-16H2,1H3,(H,26,27);1-4,7-8,10-11,18-19,26H,5-6,9,12-17H2. The van der Waals surface area contributed by atoms with Crippen LogP contribution in [0.1, 0.15) is 161 Å². The smallest absolute Gasteiger partial charge is 0.306 e. The number of esters is 1. The fourth-order valence-electron chi connectivity index (χ4n) is 16.4. The fourth-order valence-corrected chi connectivity index (χ4v) is 17.3. The number of benzene rings is 13. The average molecular weight is 2120 g/mol. The van der Waals surface area contributed by atoms with E-state index in [0.29, 0.717) is 125 Å². The van der Waals surface area contributed by atoms with Gasteiger partial charge in [-0.05, 0) is 305 Å². The van der Waals surface area contributed by atoms with Crippen molar-refractivity contribution in [1.82, 2.24) is 21.3 Å². The number of carbonyl (C=O) groups excluding carboxylic acids is 8. The summed E-state index contributed by atoms with van der Waals surface area (Å²) >= 11 is 35.8. The topological polar surface area (TPSA) is 252 Å². The van der Waals surface area contributed by atoms with E-state index in [9.17, 15) is 38.4 Å². The summed E-state index contributed by atoms with van der Waals surface area (Å²) in [6.45, 7) is 11.2. The van der Waals surface area contributed by atoms with Crippen molar-refractivity contribution in [2.24, 2.45) is 17.8 Å². The first-order valence-electron chi connectivity index (χ1n) is 50.3. The van der Waals surface area contributed by atoms with Gasteiger partial charge < -0.3 is 55.0 Å². The van der Waals surface area contributed by atoms with Crippen LogP contribution >= 0.6 is 69.6 Å². The summed E-state index contributed by atoms with van der Waals surface area (Å²) in [5, 5.41) is 19.5. The summed E-state index contributed by atoms with van der Waals surface area (Å²) in [6.07, 6.45) is 16.5. The zero-order valence-electron chi connectivity index (χ0n) is 84.3. The molecule has 19 nitrogen and oxygen atoms in total. The molecule has 13 aromatic rings. The van der Waals surface area contributed by atoms with E-state index in [1.807, 2.05) is 222 Å². The summed E-state index contributed by atoms with van der Waals surface area (Å²) in [5.74, 6) is 4.66. The van der Waals surface area contributed by atoms with Crippen molar-refractivity contribution < 1.29 is 66.8 Å². The second-order valence-electron chi connectivity index (χ2n) is 37.3. The number of Topliss-reactive ketones (excluding diaryl/α,β-unsaturated/α-hetero) is 3. The van der Waals surface area contributed by atoms with Crippen molar-refractivity contribution in [1.29, 1.82) is 0 Å². The molecule has 0 saturated heterocycles. The monoisotopic (exact) mass is 2110 g/mol. The quantitative estimate of drug-likeness (QED) is 0.0223. The summed E-state index contributed by atoms with van der Waals surface area (Å²) in [5.41, 5.74) is 15.8. The summed E-state index contributed by atoms with van der Waals surface area (Å²) < 4.78 is 32.8. The van der Waals surface area contributed by atoms with Gasteiger partial charge in [0.05, 0.1) is 6.42 Å². The van der Waals surface area contributed by atoms with Gasteiger partial charge in [0, 0.05) is 93.6 Å². The van der Waals surface area contributed by atoms with E-state index in [4.69, 9.17) is 98.0 Å². The normalized spacial score (nSPS) is 13.8. The summed E-state index contributed by atoms with van der Waals surface area (Å²) in [6, 6.07) is 98.6.